The summed E-state index contributed by atoms with van der Waals surface area (Å²) in [6, 6.07) is -1.19. The number of rotatable bonds is 14. The molecule has 0 heterocycles. The van der Waals surface area contributed by atoms with Crippen molar-refractivity contribution in [1.29, 1.82) is 0 Å². The van der Waals surface area contributed by atoms with E-state index < -0.39 is 118 Å². The molecule has 5 nitrogen and oxygen atoms in total. The Balaban J connectivity index is 0.0000260. The van der Waals surface area contributed by atoms with Crippen LogP contribution in [0.4, 0.5) is 110 Å². The third-order valence-electron chi connectivity index (χ3n) is 6.12. The summed E-state index contributed by atoms with van der Waals surface area (Å²) >= 11 is 5.02. The molecule has 0 unspecified atom stereocenters. The topological polar surface area (TPSA) is 91.3 Å². The van der Waals surface area contributed by atoms with Gasteiger partial charge in [-0.2, -0.15) is 105 Å². The van der Waals surface area contributed by atoms with Crippen LogP contribution in [-0.2, 0) is 20.0 Å². The molecule has 0 spiro atoms. The van der Waals surface area contributed by atoms with Crippen LogP contribution in [0.2, 0.25) is 5.02 Å². The number of sulfone groups is 1. The molecule has 0 aliphatic rings. The average molecular weight is 881 g/mol. The smallest absolute Gasteiger partial charge is 0.743 e. The zero-order valence-corrected chi connectivity index (χ0v) is 25.3. The molecule has 52 heavy (non-hydrogen) atoms. The Morgan fingerprint density at radius 3 is 0.904 bits per heavy atom. The molecule has 0 bridgehead atoms. The van der Waals surface area contributed by atoms with Crippen LogP contribution < -0.4 is 18.9 Å². The van der Waals surface area contributed by atoms with Gasteiger partial charge >= 0.3 is 88.6 Å². The molecule has 0 radical (unpaired) electrons. The Hall–Kier alpha value is -1.78. The molecule has 0 amide bonds. The maximum atomic E-state index is 14.2. The van der Waals surface area contributed by atoms with E-state index in [9.17, 15) is 131 Å². The molecule has 0 saturated carbocycles. The number of hydrogen-bond donors (Lipinski definition) is 0. The zero-order valence-electron chi connectivity index (χ0n) is 22.9. The summed E-state index contributed by atoms with van der Waals surface area (Å²) in [5.74, 6) is -98.6. The van der Waals surface area contributed by atoms with Crippen LogP contribution in [-0.4, -0.2) is 91.1 Å². The van der Waals surface area contributed by atoms with Gasteiger partial charge in [-0.25, -0.2) is 21.2 Å². The second-order valence-electron chi connectivity index (χ2n) is 9.31. The van der Waals surface area contributed by atoms with Gasteiger partial charge in [0, 0.05) is 5.02 Å². The first kappa shape index (κ1) is 50.2. The Kier molecular flexibility index (Phi) is 12.4. The summed E-state index contributed by atoms with van der Waals surface area (Å²) in [4.78, 5) is -2.99. The van der Waals surface area contributed by atoms with E-state index in [1.165, 1.54) is 0 Å². The van der Waals surface area contributed by atoms with Gasteiger partial charge in [0.25, 0.3) is 9.84 Å². The first-order valence-corrected chi connectivity index (χ1v) is 14.1. The number of alkyl halides is 24. The van der Waals surface area contributed by atoms with Crippen LogP contribution >= 0.6 is 11.6 Å². The molecule has 0 aliphatic carbocycles. The van der Waals surface area contributed by atoms with Crippen LogP contribution in [0.25, 0.3) is 0 Å². The molecule has 1 rings (SSSR count). The van der Waals surface area contributed by atoms with Gasteiger partial charge in [0.1, 0.15) is 10.7 Å². The number of hydrogen-bond acceptors (Lipinski definition) is 5. The van der Waals surface area contributed by atoms with Crippen molar-refractivity contribution in [1.82, 2.24) is 0 Å². The van der Waals surface area contributed by atoms with Crippen molar-refractivity contribution in [3.63, 3.8) is 0 Å². The molecular formula is C18H3ClF25LiO5S2. The van der Waals surface area contributed by atoms with E-state index in [-0.39, 0.29) is 24.9 Å². The quantitative estimate of drug-likeness (QED) is 0.143. The van der Waals surface area contributed by atoms with Gasteiger partial charge in [-0.1, -0.05) is 11.6 Å². The van der Waals surface area contributed by atoms with Crippen molar-refractivity contribution < 1.29 is 150 Å². The molecule has 0 atom stereocenters. The van der Waals surface area contributed by atoms with Crippen molar-refractivity contribution in [3.05, 3.63) is 29.0 Å². The van der Waals surface area contributed by atoms with Crippen molar-refractivity contribution in [2.45, 2.75) is 74.6 Å². The maximum Gasteiger partial charge on any atom is 1.00 e. The van der Waals surface area contributed by atoms with Crippen LogP contribution in [0, 0.1) is 5.82 Å². The van der Waals surface area contributed by atoms with Crippen LogP contribution in [0.3, 0.4) is 0 Å². The summed E-state index contributed by atoms with van der Waals surface area (Å²) < 4.78 is 399. The van der Waals surface area contributed by atoms with Crippen molar-refractivity contribution in [2.24, 2.45) is 0 Å². The molecule has 0 N–H and O–H groups in total. The molecule has 0 aliphatic heterocycles. The fourth-order valence-electron chi connectivity index (χ4n) is 3.10. The molecule has 0 aromatic heterocycles. The van der Waals surface area contributed by atoms with Crippen LogP contribution in [0.1, 0.15) is 0 Å². The minimum atomic E-state index is -9.91. The first-order valence-electron chi connectivity index (χ1n) is 10.8. The standard InChI is InChI=1S/C18H4ClF25O5S2.Li/c19-4-1-2-6(5(20)3-4)50(45,46)17(41,42)15(37,38)13(33,34)11(29,30)9(25,26)7(21,22)8(23,24)10(27,28)12(31,32)14(35,36)16(39,40)18(43,44)51(47,48)49;/h1-3H,(H,47,48,49);/q;+1/p-1. The fraction of sp³-hybridized carbons (Fsp3) is 0.667. The minimum absolute atomic E-state index is 0. The SMILES string of the molecule is O=S(=O)([O-])C(F)(F)C(F)(F)C(F)(F)C(F)(F)C(F)(F)C(F)(F)C(F)(F)C(F)(F)C(F)(F)C(F)(F)C(F)(F)C(F)(F)S(=O)(=O)c1ccc(Cl)cc1F.[Li+]. The fourth-order valence-corrected chi connectivity index (χ4v) is 5.01. The molecule has 1 aromatic rings. The molecule has 0 saturated heterocycles. The van der Waals surface area contributed by atoms with E-state index in [0.29, 0.717) is 0 Å². The van der Waals surface area contributed by atoms with Gasteiger partial charge in [-0.3, -0.25) is 0 Å². The molecular weight excluding hydrogens is 878 g/mol. The van der Waals surface area contributed by atoms with Crippen molar-refractivity contribution in [3.8, 4) is 0 Å². The van der Waals surface area contributed by atoms with E-state index in [1.807, 2.05) is 0 Å². The Morgan fingerprint density at radius 2 is 0.673 bits per heavy atom. The predicted molar refractivity (Wildman–Crippen MR) is 108 cm³/mol. The zero-order chi connectivity index (χ0) is 41.9. The second kappa shape index (κ2) is 12.9. The van der Waals surface area contributed by atoms with E-state index in [0.717, 1.165) is 0 Å². The van der Waals surface area contributed by atoms with Gasteiger partial charge in [0.2, 0.25) is 0 Å². The van der Waals surface area contributed by atoms with Crippen LogP contribution in [0.15, 0.2) is 23.1 Å². The normalized spacial score (nSPS) is 16.1. The number of halogens is 26. The van der Waals surface area contributed by atoms with E-state index in [2.05, 4.69) is 0 Å². The third kappa shape index (κ3) is 5.97. The summed E-state index contributed by atoms with van der Waals surface area (Å²) in [7, 11) is -16.7. The molecule has 300 valence electrons. The van der Waals surface area contributed by atoms with Crippen molar-refractivity contribution >= 4 is 31.6 Å². The summed E-state index contributed by atoms with van der Waals surface area (Å²) in [6.45, 7) is 0. The molecule has 1 aromatic carbocycles. The first-order chi connectivity index (χ1) is 21.7. The largest absolute Gasteiger partial charge is 1.00 e. The molecule has 34 heteroatoms. The monoisotopic (exact) mass is 880 g/mol. The van der Waals surface area contributed by atoms with Gasteiger partial charge in [-0.05, 0) is 18.2 Å². The third-order valence-corrected chi connectivity index (χ3v) is 9.08. The summed E-state index contributed by atoms with van der Waals surface area (Å²) in [5, 5.41) is -17.7. The second-order valence-corrected chi connectivity index (χ2v) is 13.1. The van der Waals surface area contributed by atoms with Crippen molar-refractivity contribution in [2.75, 3.05) is 0 Å². The van der Waals surface area contributed by atoms with E-state index in [4.69, 9.17) is 11.6 Å². The summed E-state index contributed by atoms with van der Waals surface area (Å²) in [5.41, 5.74) is 0. The van der Waals surface area contributed by atoms with Gasteiger partial charge in [0.15, 0.2) is 10.1 Å². The molecule has 0 fully saturated rings. The Bertz CT molecular complexity index is 1740. The van der Waals surface area contributed by atoms with E-state index >= 15 is 0 Å². The average Bonchev–Trinajstić information content (AvgIpc) is 2.90. The predicted octanol–water partition coefficient (Wildman–Crippen LogP) is 5.34. The Morgan fingerprint density at radius 1 is 0.442 bits per heavy atom. The van der Waals surface area contributed by atoms with Crippen LogP contribution in [0.5, 0.6) is 0 Å². The Labute approximate surface area is 285 Å². The summed E-state index contributed by atoms with van der Waals surface area (Å²) in [6.07, 6.45) is 0. The maximum absolute atomic E-state index is 14.2. The van der Waals surface area contributed by atoms with Gasteiger partial charge in [-0.15, -0.1) is 0 Å². The van der Waals surface area contributed by atoms with E-state index in [1.54, 1.807) is 0 Å². The van der Waals surface area contributed by atoms with Gasteiger partial charge < -0.3 is 4.55 Å². The van der Waals surface area contributed by atoms with Gasteiger partial charge in [0.05, 0.1) is 0 Å². The number of benzene rings is 1. The minimum Gasteiger partial charge on any atom is -0.743 e.